The fraction of sp³-hybridized carbons (Fsp3) is 0.0417. The van der Waals surface area contributed by atoms with Gasteiger partial charge in [-0.2, -0.15) is 0 Å². The zero-order valence-electron chi connectivity index (χ0n) is 15.9. The lowest BCUT2D eigenvalue weighted by atomic mass is 10.3. The second-order valence-corrected chi connectivity index (χ2v) is 9.82. The minimum atomic E-state index is -1.82. The Kier molecular flexibility index (Phi) is 10.0. The highest BCUT2D eigenvalue weighted by molar-refractivity contribution is 7.95. The molecule has 0 aliphatic carbocycles. The van der Waals surface area contributed by atoms with Crippen molar-refractivity contribution < 1.29 is 17.9 Å². The SMILES string of the molecule is Cl.O.[Cl-].c1ccc([P+](Cc2cccnc2)(c2ccccc2)c2ccccc2)cc1. The molecule has 29 heavy (non-hydrogen) atoms. The summed E-state index contributed by atoms with van der Waals surface area (Å²) < 4.78 is 0. The summed E-state index contributed by atoms with van der Waals surface area (Å²) in [4.78, 5) is 4.37. The standard InChI is InChI=1S/C24H21NP.2ClH.H2O/c1-4-12-22(13-5-1)26(23-14-6-2-7-15-23,24-16-8-3-9-17-24)20-21-11-10-18-25-19-21;;;/h1-19H,20H2;2*1H;1H2/q+1;;;/p-1. The van der Waals surface area contributed by atoms with Crippen LogP contribution in [0.2, 0.25) is 0 Å². The molecule has 2 N–H and O–H groups in total. The van der Waals surface area contributed by atoms with E-state index in [1.54, 1.807) is 0 Å². The molecular weight excluding hydrogens is 420 g/mol. The minimum Gasteiger partial charge on any atom is -1.00 e. The van der Waals surface area contributed by atoms with Crippen LogP contribution >= 0.6 is 19.7 Å². The molecule has 0 radical (unpaired) electrons. The van der Waals surface area contributed by atoms with Gasteiger partial charge in [0, 0.05) is 18.0 Å². The fourth-order valence-electron chi connectivity index (χ4n) is 3.53. The molecule has 3 aromatic carbocycles. The average molecular weight is 444 g/mol. The van der Waals surface area contributed by atoms with Gasteiger partial charge in [0.15, 0.2) is 0 Å². The van der Waals surface area contributed by atoms with Crippen molar-refractivity contribution in [3.8, 4) is 0 Å². The van der Waals surface area contributed by atoms with Crippen molar-refractivity contribution in [2.75, 3.05) is 0 Å². The highest BCUT2D eigenvalue weighted by atomic mass is 35.5. The lowest BCUT2D eigenvalue weighted by molar-refractivity contribution is -0.00000647. The molecule has 0 aliphatic heterocycles. The van der Waals surface area contributed by atoms with Crippen LogP contribution in [-0.2, 0) is 6.16 Å². The number of benzene rings is 3. The Morgan fingerprint density at radius 2 is 1.00 bits per heavy atom. The molecule has 5 heteroatoms. The molecule has 0 atom stereocenters. The molecule has 150 valence electrons. The third-order valence-electron chi connectivity index (χ3n) is 4.73. The summed E-state index contributed by atoms with van der Waals surface area (Å²) in [6, 6.07) is 37.1. The zero-order chi connectivity index (χ0) is 17.7. The van der Waals surface area contributed by atoms with E-state index in [9.17, 15) is 0 Å². The van der Waals surface area contributed by atoms with Gasteiger partial charge < -0.3 is 17.9 Å². The van der Waals surface area contributed by atoms with Gasteiger partial charge in [0.25, 0.3) is 0 Å². The Labute approximate surface area is 185 Å². The van der Waals surface area contributed by atoms with Crippen LogP contribution in [0.3, 0.4) is 0 Å². The Hall–Kier alpha value is -2.22. The fourth-order valence-corrected chi connectivity index (χ4v) is 7.75. The van der Waals surface area contributed by atoms with E-state index in [1.807, 2.05) is 18.5 Å². The molecule has 0 fully saturated rings. The maximum Gasteiger partial charge on any atom is 0.116 e. The van der Waals surface area contributed by atoms with Crippen LogP contribution in [0.5, 0.6) is 0 Å². The Morgan fingerprint density at radius 1 is 0.586 bits per heavy atom. The van der Waals surface area contributed by atoms with Gasteiger partial charge >= 0.3 is 0 Å². The summed E-state index contributed by atoms with van der Waals surface area (Å²) in [7, 11) is -1.82. The van der Waals surface area contributed by atoms with Crippen LogP contribution in [0.25, 0.3) is 0 Å². The molecule has 0 saturated carbocycles. The average Bonchev–Trinajstić information content (AvgIpc) is 2.75. The van der Waals surface area contributed by atoms with Gasteiger partial charge in [0.2, 0.25) is 0 Å². The van der Waals surface area contributed by atoms with E-state index < -0.39 is 7.26 Å². The van der Waals surface area contributed by atoms with E-state index in [2.05, 4.69) is 102 Å². The van der Waals surface area contributed by atoms with Gasteiger partial charge in [-0.3, -0.25) is 4.98 Å². The van der Waals surface area contributed by atoms with E-state index >= 15 is 0 Å². The monoisotopic (exact) mass is 443 g/mol. The molecule has 4 aromatic rings. The van der Waals surface area contributed by atoms with Crippen molar-refractivity contribution in [3.63, 3.8) is 0 Å². The number of hydrogen-bond donors (Lipinski definition) is 0. The number of pyridine rings is 1. The summed E-state index contributed by atoms with van der Waals surface area (Å²) in [5, 5.41) is 4.21. The molecule has 4 rings (SSSR count). The van der Waals surface area contributed by atoms with Crippen LogP contribution in [-0.4, -0.2) is 10.5 Å². The van der Waals surface area contributed by atoms with Crippen LogP contribution in [0.4, 0.5) is 0 Å². The van der Waals surface area contributed by atoms with Crippen LogP contribution < -0.4 is 28.3 Å². The van der Waals surface area contributed by atoms with Crippen LogP contribution in [0.15, 0.2) is 116 Å². The van der Waals surface area contributed by atoms with Crippen molar-refractivity contribution in [3.05, 3.63) is 121 Å². The van der Waals surface area contributed by atoms with Gasteiger partial charge in [-0.05, 0) is 42.5 Å². The molecule has 0 amide bonds. The molecule has 1 heterocycles. The predicted molar refractivity (Wildman–Crippen MR) is 124 cm³/mol. The third kappa shape index (κ3) is 5.23. The van der Waals surface area contributed by atoms with Crippen molar-refractivity contribution >= 4 is 35.6 Å². The van der Waals surface area contributed by atoms with Crippen molar-refractivity contribution in [2.45, 2.75) is 6.16 Å². The van der Waals surface area contributed by atoms with Crippen LogP contribution in [0.1, 0.15) is 5.56 Å². The van der Waals surface area contributed by atoms with Gasteiger partial charge in [-0.25, -0.2) is 0 Å². The highest BCUT2D eigenvalue weighted by Crippen LogP contribution is 2.57. The minimum absolute atomic E-state index is 0. The quantitative estimate of drug-likeness (QED) is 0.427. The molecule has 1 aromatic heterocycles. The van der Waals surface area contributed by atoms with E-state index in [4.69, 9.17) is 0 Å². The predicted octanol–water partition coefficient (Wildman–Crippen LogP) is 1.18. The smallest absolute Gasteiger partial charge is 0.116 e. The maximum atomic E-state index is 4.37. The first-order chi connectivity index (χ1) is 12.9. The molecule has 2 nitrogen and oxygen atoms in total. The Morgan fingerprint density at radius 3 is 1.34 bits per heavy atom. The second-order valence-electron chi connectivity index (χ2n) is 6.34. The van der Waals surface area contributed by atoms with E-state index in [-0.39, 0.29) is 30.3 Å². The summed E-state index contributed by atoms with van der Waals surface area (Å²) >= 11 is 0. The van der Waals surface area contributed by atoms with E-state index in [0.29, 0.717) is 0 Å². The summed E-state index contributed by atoms with van der Waals surface area (Å²) in [5.74, 6) is 0. The lowest BCUT2D eigenvalue weighted by Gasteiger charge is -2.27. The first kappa shape index (κ1) is 24.8. The molecule has 0 aliphatic rings. The van der Waals surface area contributed by atoms with Gasteiger partial charge in [0.05, 0.1) is 6.16 Å². The van der Waals surface area contributed by atoms with Crippen molar-refractivity contribution in [2.24, 2.45) is 0 Å². The van der Waals surface area contributed by atoms with Crippen LogP contribution in [0, 0.1) is 0 Å². The largest absolute Gasteiger partial charge is 1.00 e. The highest BCUT2D eigenvalue weighted by Gasteiger charge is 2.45. The van der Waals surface area contributed by atoms with E-state index in [0.717, 1.165) is 6.16 Å². The summed E-state index contributed by atoms with van der Waals surface area (Å²) in [6.07, 6.45) is 4.82. The van der Waals surface area contributed by atoms with Crippen molar-refractivity contribution in [1.82, 2.24) is 4.98 Å². The lowest BCUT2D eigenvalue weighted by Crippen LogP contribution is -3.00. The van der Waals surface area contributed by atoms with Crippen molar-refractivity contribution in [1.29, 1.82) is 0 Å². The molecular formula is C24H24Cl2NOP. The molecule has 0 saturated heterocycles. The first-order valence-electron chi connectivity index (χ1n) is 8.83. The topological polar surface area (TPSA) is 44.4 Å². The first-order valence-corrected chi connectivity index (χ1v) is 10.8. The van der Waals surface area contributed by atoms with Gasteiger partial charge in [-0.1, -0.05) is 60.7 Å². The van der Waals surface area contributed by atoms with E-state index in [1.165, 1.54) is 21.5 Å². The zero-order valence-corrected chi connectivity index (χ0v) is 18.3. The number of nitrogens with zero attached hydrogens (tertiary/aromatic N) is 1. The summed E-state index contributed by atoms with van der Waals surface area (Å²) in [5.41, 5.74) is 1.28. The number of hydrogen-bond acceptors (Lipinski definition) is 1. The second kappa shape index (κ2) is 11.7. The summed E-state index contributed by atoms with van der Waals surface area (Å²) in [6.45, 7) is 0. The number of aromatic nitrogens is 1. The number of rotatable bonds is 5. The van der Waals surface area contributed by atoms with Gasteiger partial charge in [-0.15, -0.1) is 12.4 Å². The maximum absolute atomic E-state index is 4.37. The molecule has 0 bridgehead atoms. The molecule has 0 unspecified atom stereocenters. The Bertz CT molecular complexity index is 858. The number of halogens is 2. The third-order valence-corrected chi connectivity index (χ3v) is 9.11. The normalized spacial score (nSPS) is 10.1. The molecule has 0 spiro atoms. The van der Waals surface area contributed by atoms with Gasteiger partial charge in [0.1, 0.15) is 23.2 Å². The Balaban J connectivity index is 0.00000140.